The Morgan fingerprint density at radius 3 is 2.68 bits per heavy atom. The van der Waals surface area contributed by atoms with Gasteiger partial charge in [0, 0.05) is 21.5 Å². The highest BCUT2D eigenvalue weighted by molar-refractivity contribution is 9.10. The highest BCUT2D eigenvalue weighted by atomic mass is 79.9. The number of benzene rings is 1. The van der Waals surface area contributed by atoms with Crippen LogP contribution in [0.25, 0.3) is 11.8 Å². The van der Waals surface area contributed by atoms with Crippen LogP contribution in [-0.4, -0.2) is 31.5 Å². The first-order chi connectivity index (χ1) is 14.9. The monoisotopic (exact) mass is 493 g/mol. The molecule has 0 fully saturated rings. The van der Waals surface area contributed by atoms with E-state index in [4.69, 9.17) is 9.83 Å². The molecule has 1 amide bonds. The van der Waals surface area contributed by atoms with E-state index in [9.17, 15) is 4.79 Å². The number of hydrogen-bond donors (Lipinski definition) is 1. The van der Waals surface area contributed by atoms with Crippen LogP contribution in [0.4, 0.5) is 0 Å². The lowest BCUT2D eigenvalue weighted by atomic mass is 10.1. The van der Waals surface area contributed by atoms with Crippen LogP contribution < -0.4 is 0 Å². The Bertz CT molecular complexity index is 1320. The van der Waals surface area contributed by atoms with Gasteiger partial charge >= 0.3 is 0 Å². The lowest BCUT2D eigenvalue weighted by Crippen LogP contribution is -2.35. The van der Waals surface area contributed by atoms with Gasteiger partial charge in [0.2, 0.25) is 5.17 Å². The SMILES string of the molecule is Cc1cc(/C=C2/C(=N)N3N=C(c4ccco4)SC3=NC2=O)c(C)n1-c1ccc(Br)cc1. The maximum atomic E-state index is 12.7. The maximum absolute atomic E-state index is 12.7. The number of hydrogen-bond acceptors (Lipinski definition) is 5. The van der Waals surface area contributed by atoms with Crippen LogP contribution in [0.3, 0.4) is 0 Å². The van der Waals surface area contributed by atoms with Crippen molar-refractivity contribution in [2.75, 3.05) is 0 Å². The standard InChI is InChI=1S/C22H16BrN5O2S/c1-12-10-14(13(2)27(12)16-7-5-15(23)6-8-16)11-17-19(24)28-22(25-20(17)29)31-21(26-28)18-4-3-9-30-18/h3-11,24H,1-2H3/b17-11-,24-19?. The van der Waals surface area contributed by atoms with E-state index in [0.29, 0.717) is 16.0 Å². The Labute approximate surface area is 190 Å². The lowest BCUT2D eigenvalue weighted by Gasteiger charge is -2.20. The molecule has 154 valence electrons. The van der Waals surface area contributed by atoms with Crippen LogP contribution in [0.15, 0.2) is 73.3 Å². The fourth-order valence-electron chi connectivity index (χ4n) is 3.57. The van der Waals surface area contributed by atoms with E-state index < -0.39 is 5.91 Å². The average Bonchev–Trinajstić information content (AvgIpc) is 3.46. The summed E-state index contributed by atoms with van der Waals surface area (Å²) in [6, 6.07) is 13.6. The van der Waals surface area contributed by atoms with Crippen molar-refractivity contribution < 1.29 is 9.21 Å². The summed E-state index contributed by atoms with van der Waals surface area (Å²) in [6.07, 6.45) is 3.27. The Hall–Kier alpha value is -3.17. The number of nitrogens with one attached hydrogen (secondary N) is 1. The largest absolute Gasteiger partial charge is 0.462 e. The Kier molecular flexibility index (Phi) is 4.79. The van der Waals surface area contributed by atoms with Gasteiger partial charge in [-0.3, -0.25) is 10.2 Å². The van der Waals surface area contributed by atoms with Gasteiger partial charge in [0.05, 0.1) is 11.8 Å². The fourth-order valence-corrected chi connectivity index (χ4v) is 4.69. The summed E-state index contributed by atoms with van der Waals surface area (Å²) in [5.41, 5.74) is 4.08. The zero-order valence-electron chi connectivity index (χ0n) is 16.6. The summed E-state index contributed by atoms with van der Waals surface area (Å²) in [5, 5.41) is 15.3. The zero-order valence-corrected chi connectivity index (χ0v) is 19.0. The number of fused-ring (bicyclic) bond motifs is 1. The second-order valence-corrected chi connectivity index (χ2v) is 8.91. The number of aryl methyl sites for hydroxylation is 1. The van der Waals surface area contributed by atoms with Gasteiger partial charge in [-0.2, -0.15) is 15.1 Å². The predicted molar refractivity (Wildman–Crippen MR) is 126 cm³/mol. The normalized spacial score (nSPS) is 17.3. The van der Waals surface area contributed by atoms with Crippen LogP contribution in [0.2, 0.25) is 0 Å². The van der Waals surface area contributed by atoms with Crippen LogP contribution in [0, 0.1) is 19.3 Å². The first-order valence-electron chi connectivity index (χ1n) is 9.41. The number of hydrazone groups is 1. The molecule has 0 spiro atoms. The second-order valence-electron chi connectivity index (χ2n) is 7.04. The highest BCUT2D eigenvalue weighted by Gasteiger charge is 2.36. The van der Waals surface area contributed by atoms with Crippen LogP contribution in [-0.2, 0) is 4.79 Å². The molecule has 1 aromatic carbocycles. The summed E-state index contributed by atoms with van der Waals surface area (Å²) >= 11 is 4.67. The molecule has 4 heterocycles. The van der Waals surface area contributed by atoms with E-state index in [1.807, 2.05) is 44.2 Å². The molecule has 2 aliphatic rings. The lowest BCUT2D eigenvalue weighted by molar-refractivity contribution is -0.114. The van der Waals surface area contributed by atoms with Gasteiger partial charge in [-0.25, -0.2) is 0 Å². The maximum Gasteiger partial charge on any atom is 0.283 e. The summed E-state index contributed by atoms with van der Waals surface area (Å²) in [5.74, 6) is 0.122. The molecule has 9 heteroatoms. The number of aliphatic imine (C=N–C) groups is 1. The van der Waals surface area contributed by atoms with Gasteiger partial charge in [0.25, 0.3) is 5.91 Å². The number of carbonyl (C=O) groups excluding carboxylic acids is 1. The smallest absolute Gasteiger partial charge is 0.283 e. The van der Waals surface area contributed by atoms with Crippen molar-refractivity contribution in [1.29, 1.82) is 5.41 Å². The third-order valence-electron chi connectivity index (χ3n) is 5.04. The Morgan fingerprint density at radius 2 is 1.97 bits per heavy atom. The average molecular weight is 494 g/mol. The molecule has 2 aliphatic heterocycles. The molecular formula is C22H16BrN5O2S. The number of aromatic nitrogens is 1. The van der Waals surface area contributed by atoms with E-state index in [0.717, 1.165) is 27.1 Å². The summed E-state index contributed by atoms with van der Waals surface area (Å²) in [6.45, 7) is 4.00. The molecule has 3 aromatic rings. The zero-order chi connectivity index (χ0) is 21.7. The van der Waals surface area contributed by atoms with E-state index in [2.05, 4.69) is 30.6 Å². The van der Waals surface area contributed by atoms with Gasteiger partial charge in [-0.15, -0.1) is 0 Å². The molecule has 2 aromatic heterocycles. The third-order valence-corrected chi connectivity index (χ3v) is 6.49. The molecule has 5 rings (SSSR count). The van der Waals surface area contributed by atoms with E-state index in [1.165, 1.54) is 16.8 Å². The molecule has 0 saturated heterocycles. The number of halogens is 1. The molecule has 0 atom stereocenters. The molecule has 7 nitrogen and oxygen atoms in total. The highest BCUT2D eigenvalue weighted by Crippen LogP contribution is 2.32. The molecule has 0 bridgehead atoms. The van der Waals surface area contributed by atoms with E-state index in [1.54, 1.807) is 24.5 Å². The van der Waals surface area contributed by atoms with Crippen LogP contribution >= 0.6 is 27.7 Å². The van der Waals surface area contributed by atoms with E-state index in [-0.39, 0.29) is 11.4 Å². The van der Waals surface area contributed by atoms with Crippen molar-refractivity contribution in [3.8, 4) is 5.69 Å². The predicted octanol–water partition coefficient (Wildman–Crippen LogP) is 5.12. The van der Waals surface area contributed by atoms with Crippen molar-refractivity contribution >= 4 is 55.7 Å². The van der Waals surface area contributed by atoms with Crippen molar-refractivity contribution in [1.82, 2.24) is 9.58 Å². The quantitative estimate of drug-likeness (QED) is 0.513. The number of amidine groups is 2. The second kappa shape index (κ2) is 7.51. The van der Waals surface area contributed by atoms with Crippen molar-refractivity contribution in [2.45, 2.75) is 13.8 Å². The number of nitrogens with zero attached hydrogens (tertiary/aromatic N) is 4. The van der Waals surface area contributed by atoms with Gasteiger partial charge in [0.1, 0.15) is 0 Å². The number of rotatable bonds is 3. The first-order valence-corrected chi connectivity index (χ1v) is 11.0. The number of thioether (sulfide) groups is 1. The van der Waals surface area contributed by atoms with Crippen LogP contribution in [0.1, 0.15) is 22.7 Å². The molecule has 0 saturated carbocycles. The molecule has 0 unspecified atom stereocenters. The number of carbonyl (C=O) groups is 1. The molecule has 0 radical (unpaired) electrons. The fraction of sp³-hybridized carbons (Fsp3) is 0.0909. The number of furan rings is 1. The van der Waals surface area contributed by atoms with E-state index >= 15 is 0 Å². The van der Waals surface area contributed by atoms with Gasteiger partial charge in [-0.05, 0) is 79.7 Å². The Balaban J connectivity index is 1.52. The minimum absolute atomic E-state index is 0.00231. The van der Waals surface area contributed by atoms with Crippen molar-refractivity contribution in [3.05, 3.63) is 81.5 Å². The van der Waals surface area contributed by atoms with Gasteiger partial charge < -0.3 is 8.98 Å². The van der Waals surface area contributed by atoms with Gasteiger partial charge in [-0.1, -0.05) is 15.9 Å². The number of amides is 1. The molecule has 31 heavy (non-hydrogen) atoms. The summed E-state index contributed by atoms with van der Waals surface area (Å²) < 4.78 is 8.50. The molecule has 0 aliphatic carbocycles. The minimum atomic E-state index is -0.451. The first kappa shape index (κ1) is 19.8. The third kappa shape index (κ3) is 3.39. The molecule has 1 N–H and O–H groups in total. The summed E-state index contributed by atoms with van der Waals surface area (Å²) in [7, 11) is 0. The minimum Gasteiger partial charge on any atom is -0.462 e. The van der Waals surface area contributed by atoms with Crippen molar-refractivity contribution in [3.63, 3.8) is 0 Å². The van der Waals surface area contributed by atoms with Crippen LogP contribution in [0.5, 0.6) is 0 Å². The van der Waals surface area contributed by atoms with Gasteiger partial charge in [0.15, 0.2) is 16.6 Å². The Morgan fingerprint density at radius 1 is 1.19 bits per heavy atom. The summed E-state index contributed by atoms with van der Waals surface area (Å²) in [4.78, 5) is 16.9. The topological polar surface area (TPSA) is 87.0 Å². The molecular weight excluding hydrogens is 478 g/mol. The van der Waals surface area contributed by atoms with Crippen molar-refractivity contribution in [2.24, 2.45) is 10.1 Å².